The second kappa shape index (κ2) is 2.96. The zero-order chi connectivity index (χ0) is 9.42. The zero-order valence-corrected chi connectivity index (χ0v) is 8.58. The van der Waals surface area contributed by atoms with Crippen LogP contribution < -0.4 is 5.56 Å². The van der Waals surface area contributed by atoms with Crippen molar-refractivity contribution in [1.82, 2.24) is 9.55 Å². The van der Waals surface area contributed by atoms with Crippen molar-refractivity contribution < 1.29 is 0 Å². The van der Waals surface area contributed by atoms with E-state index in [1.54, 1.807) is 11.6 Å². The molecule has 0 unspecified atom stereocenters. The number of benzene rings is 1. The van der Waals surface area contributed by atoms with Gasteiger partial charge in [-0.25, -0.2) is 4.98 Å². The molecule has 66 valence electrons. The van der Waals surface area contributed by atoms with E-state index < -0.39 is 0 Å². The Kier molecular flexibility index (Phi) is 1.92. The van der Waals surface area contributed by atoms with Crippen LogP contribution in [0.15, 0.2) is 33.7 Å². The molecule has 0 spiro atoms. The molecular formula is C9H7BrN2O. The lowest BCUT2D eigenvalue weighted by molar-refractivity contribution is 0.891. The summed E-state index contributed by atoms with van der Waals surface area (Å²) in [4.78, 5) is 15.3. The molecule has 13 heavy (non-hydrogen) atoms. The Bertz CT molecular complexity index is 518. The van der Waals surface area contributed by atoms with Crippen molar-refractivity contribution in [2.75, 3.05) is 0 Å². The minimum Gasteiger partial charge on any atom is -0.308 e. The molecule has 1 heterocycles. The van der Waals surface area contributed by atoms with Crippen LogP contribution in [0.3, 0.4) is 0 Å². The Morgan fingerprint density at radius 1 is 1.46 bits per heavy atom. The van der Waals surface area contributed by atoms with Gasteiger partial charge >= 0.3 is 0 Å². The first-order valence-electron chi connectivity index (χ1n) is 3.80. The fraction of sp³-hybridized carbons (Fsp3) is 0.111. The van der Waals surface area contributed by atoms with Gasteiger partial charge in [-0.1, -0.05) is 15.9 Å². The van der Waals surface area contributed by atoms with Crippen molar-refractivity contribution in [2.45, 2.75) is 0 Å². The lowest BCUT2D eigenvalue weighted by atomic mass is 10.3. The summed E-state index contributed by atoms with van der Waals surface area (Å²) < 4.78 is 2.52. The van der Waals surface area contributed by atoms with Crippen molar-refractivity contribution in [1.29, 1.82) is 0 Å². The third-order valence-corrected chi connectivity index (χ3v) is 2.44. The van der Waals surface area contributed by atoms with E-state index in [1.165, 1.54) is 6.20 Å². The van der Waals surface area contributed by atoms with Gasteiger partial charge in [0.15, 0.2) is 0 Å². The Labute approximate surface area is 83.2 Å². The van der Waals surface area contributed by atoms with Crippen LogP contribution in [-0.2, 0) is 7.05 Å². The normalized spacial score (nSPS) is 10.6. The maximum Gasteiger partial charge on any atom is 0.269 e. The number of nitrogens with zero attached hydrogens (tertiary/aromatic N) is 2. The topological polar surface area (TPSA) is 34.9 Å². The maximum atomic E-state index is 11.2. The van der Waals surface area contributed by atoms with Crippen LogP contribution in [0.1, 0.15) is 0 Å². The molecule has 0 aliphatic carbocycles. The summed E-state index contributed by atoms with van der Waals surface area (Å²) in [6, 6.07) is 5.66. The van der Waals surface area contributed by atoms with E-state index in [0.29, 0.717) is 0 Å². The monoisotopic (exact) mass is 238 g/mol. The highest BCUT2D eigenvalue weighted by atomic mass is 79.9. The van der Waals surface area contributed by atoms with E-state index in [-0.39, 0.29) is 5.56 Å². The van der Waals surface area contributed by atoms with Gasteiger partial charge in [-0.3, -0.25) is 4.79 Å². The van der Waals surface area contributed by atoms with Gasteiger partial charge < -0.3 is 4.57 Å². The second-order valence-corrected chi connectivity index (χ2v) is 3.70. The van der Waals surface area contributed by atoms with E-state index in [0.717, 1.165) is 15.5 Å². The molecule has 2 rings (SSSR count). The molecule has 0 radical (unpaired) electrons. The van der Waals surface area contributed by atoms with E-state index in [1.807, 2.05) is 18.2 Å². The lowest BCUT2D eigenvalue weighted by Gasteiger charge is -2.02. The van der Waals surface area contributed by atoms with E-state index in [9.17, 15) is 4.79 Å². The van der Waals surface area contributed by atoms with Crippen LogP contribution in [0.5, 0.6) is 0 Å². The van der Waals surface area contributed by atoms with Crippen LogP contribution >= 0.6 is 15.9 Å². The molecule has 0 saturated carbocycles. The SMILES string of the molecule is Cn1c(=O)cnc2ccc(Br)cc21. The second-order valence-electron chi connectivity index (χ2n) is 2.79. The number of rotatable bonds is 0. The third kappa shape index (κ3) is 1.37. The van der Waals surface area contributed by atoms with Gasteiger partial charge in [-0.05, 0) is 18.2 Å². The number of hydrogen-bond donors (Lipinski definition) is 0. The van der Waals surface area contributed by atoms with Crippen molar-refractivity contribution >= 4 is 27.0 Å². The number of aromatic nitrogens is 2. The van der Waals surface area contributed by atoms with Crippen LogP contribution in [0.4, 0.5) is 0 Å². The molecule has 1 aromatic carbocycles. The molecule has 0 bridgehead atoms. The van der Waals surface area contributed by atoms with Gasteiger partial charge in [0.1, 0.15) is 0 Å². The number of halogens is 1. The van der Waals surface area contributed by atoms with Crippen LogP contribution in [0, 0.1) is 0 Å². The van der Waals surface area contributed by atoms with Crippen molar-refractivity contribution in [2.24, 2.45) is 7.05 Å². The van der Waals surface area contributed by atoms with Gasteiger partial charge in [0, 0.05) is 11.5 Å². The summed E-state index contributed by atoms with van der Waals surface area (Å²) in [6.07, 6.45) is 1.33. The molecule has 0 fully saturated rings. The highest BCUT2D eigenvalue weighted by Gasteiger charge is 1.99. The van der Waals surface area contributed by atoms with Crippen LogP contribution in [-0.4, -0.2) is 9.55 Å². The highest BCUT2D eigenvalue weighted by Crippen LogP contribution is 2.15. The van der Waals surface area contributed by atoms with Crippen molar-refractivity contribution in [3.63, 3.8) is 0 Å². The predicted molar refractivity (Wildman–Crippen MR) is 54.7 cm³/mol. The molecule has 3 nitrogen and oxygen atoms in total. The predicted octanol–water partition coefficient (Wildman–Crippen LogP) is 1.70. The summed E-state index contributed by atoms with van der Waals surface area (Å²) in [5, 5.41) is 0. The van der Waals surface area contributed by atoms with Crippen LogP contribution in [0.2, 0.25) is 0 Å². The molecule has 2 aromatic rings. The van der Waals surface area contributed by atoms with E-state index >= 15 is 0 Å². The van der Waals surface area contributed by atoms with E-state index in [4.69, 9.17) is 0 Å². The van der Waals surface area contributed by atoms with E-state index in [2.05, 4.69) is 20.9 Å². The number of aryl methyl sites for hydroxylation is 1. The largest absolute Gasteiger partial charge is 0.308 e. The average molecular weight is 239 g/mol. The van der Waals surface area contributed by atoms with Crippen molar-refractivity contribution in [3.05, 3.63) is 39.2 Å². The first kappa shape index (κ1) is 8.44. The van der Waals surface area contributed by atoms with Gasteiger partial charge in [0.2, 0.25) is 0 Å². The van der Waals surface area contributed by atoms with Crippen molar-refractivity contribution in [3.8, 4) is 0 Å². The van der Waals surface area contributed by atoms with Gasteiger partial charge in [0.25, 0.3) is 5.56 Å². The average Bonchev–Trinajstić information content (AvgIpc) is 2.12. The standard InChI is InChI=1S/C9H7BrN2O/c1-12-8-4-6(10)2-3-7(8)11-5-9(12)13/h2-5H,1H3. The fourth-order valence-electron chi connectivity index (χ4n) is 1.20. The fourth-order valence-corrected chi connectivity index (χ4v) is 1.55. The highest BCUT2D eigenvalue weighted by molar-refractivity contribution is 9.10. The molecule has 0 aliphatic rings. The molecule has 0 aliphatic heterocycles. The minimum absolute atomic E-state index is 0.0920. The summed E-state index contributed by atoms with van der Waals surface area (Å²) in [7, 11) is 1.73. The third-order valence-electron chi connectivity index (χ3n) is 1.94. The molecule has 0 N–H and O–H groups in total. The molecule has 0 saturated heterocycles. The Morgan fingerprint density at radius 2 is 2.23 bits per heavy atom. The first-order chi connectivity index (χ1) is 6.18. The quantitative estimate of drug-likeness (QED) is 0.701. The van der Waals surface area contributed by atoms with Gasteiger partial charge in [-0.2, -0.15) is 0 Å². The Morgan fingerprint density at radius 3 is 3.00 bits per heavy atom. The smallest absolute Gasteiger partial charge is 0.269 e. The molecule has 0 amide bonds. The number of fused-ring (bicyclic) bond motifs is 1. The first-order valence-corrected chi connectivity index (χ1v) is 4.59. The molecular weight excluding hydrogens is 232 g/mol. The lowest BCUT2D eigenvalue weighted by Crippen LogP contribution is -2.16. The molecule has 4 heteroatoms. The van der Waals surface area contributed by atoms with Gasteiger partial charge in [-0.15, -0.1) is 0 Å². The van der Waals surface area contributed by atoms with Crippen LogP contribution in [0.25, 0.3) is 11.0 Å². The molecule has 0 atom stereocenters. The summed E-state index contributed by atoms with van der Waals surface area (Å²) >= 11 is 3.35. The summed E-state index contributed by atoms with van der Waals surface area (Å²) in [5.41, 5.74) is 1.57. The Hall–Kier alpha value is -1.16. The molecule has 1 aromatic heterocycles. The Balaban J connectivity index is 2.97. The minimum atomic E-state index is -0.0920. The van der Waals surface area contributed by atoms with Gasteiger partial charge in [0.05, 0.1) is 17.2 Å². The zero-order valence-electron chi connectivity index (χ0n) is 6.99. The number of hydrogen-bond acceptors (Lipinski definition) is 2. The summed E-state index contributed by atoms with van der Waals surface area (Å²) in [5.74, 6) is 0. The summed E-state index contributed by atoms with van der Waals surface area (Å²) in [6.45, 7) is 0. The maximum absolute atomic E-state index is 11.2.